The number of nitrogens with zero attached hydrogens (tertiary/aromatic N) is 1. The van der Waals surface area contributed by atoms with Crippen LogP contribution in [0.25, 0.3) is 5.69 Å². The molecular weight excluding hydrogens is 327 g/mol. The first-order valence-corrected chi connectivity index (χ1v) is 7.57. The van der Waals surface area contributed by atoms with Gasteiger partial charge in [0.2, 0.25) is 0 Å². The molecule has 0 saturated heterocycles. The van der Waals surface area contributed by atoms with E-state index in [0.717, 1.165) is 10.7 Å². The number of H-pyrrole nitrogens is 1. The smallest absolute Gasteiger partial charge is 0.295 e. The predicted molar refractivity (Wildman–Crippen MR) is 75.7 cm³/mol. The number of benzene rings is 1. The SMILES string of the molecule is Cc1[nH]n(-c2cc(Cl)c(S(=O)(=O)O)cc2Cl)c(=O)c1C. The highest BCUT2D eigenvalue weighted by molar-refractivity contribution is 7.86. The molecule has 0 amide bonds. The van der Waals surface area contributed by atoms with Crippen LogP contribution in [0.1, 0.15) is 11.3 Å². The Labute approximate surface area is 124 Å². The number of hydrogen-bond acceptors (Lipinski definition) is 3. The second-order valence-electron chi connectivity index (χ2n) is 4.21. The van der Waals surface area contributed by atoms with Crippen molar-refractivity contribution in [3.8, 4) is 5.69 Å². The summed E-state index contributed by atoms with van der Waals surface area (Å²) in [5.41, 5.74) is 1.04. The summed E-state index contributed by atoms with van der Waals surface area (Å²) in [5, 5.41) is 2.53. The first kappa shape index (κ1) is 15.1. The Morgan fingerprint density at radius 1 is 1.20 bits per heavy atom. The summed E-state index contributed by atoms with van der Waals surface area (Å²) < 4.78 is 32.4. The summed E-state index contributed by atoms with van der Waals surface area (Å²) in [5.74, 6) is 0. The molecule has 0 atom stereocenters. The van der Waals surface area contributed by atoms with Crippen LogP contribution in [-0.2, 0) is 10.1 Å². The van der Waals surface area contributed by atoms with Crippen LogP contribution in [0.5, 0.6) is 0 Å². The molecule has 6 nitrogen and oxygen atoms in total. The summed E-state index contributed by atoms with van der Waals surface area (Å²) in [6.45, 7) is 3.36. The molecule has 0 saturated carbocycles. The average Bonchev–Trinajstić information content (AvgIpc) is 2.58. The molecule has 0 unspecified atom stereocenters. The lowest BCUT2D eigenvalue weighted by Crippen LogP contribution is -2.16. The topological polar surface area (TPSA) is 92.2 Å². The van der Waals surface area contributed by atoms with Crippen molar-refractivity contribution in [1.82, 2.24) is 9.78 Å². The van der Waals surface area contributed by atoms with E-state index in [9.17, 15) is 13.2 Å². The number of aromatic nitrogens is 2. The molecule has 0 radical (unpaired) electrons. The van der Waals surface area contributed by atoms with Gasteiger partial charge in [0.15, 0.2) is 0 Å². The van der Waals surface area contributed by atoms with E-state index in [2.05, 4.69) is 5.10 Å². The number of nitrogens with one attached hydrogen (secondary N) is 1. The number of hydrogen-bond donors (Lipinski definition) is 2. The van der Waals surface area contributed by atoms with Crippen molar-refractivity contribution in [2.75, 3.05) is 0 Å². The van der Waals surface area contributed by atoms with E-state index in [1.54, 1.807) is 13.8 Å². The van der Waals surface area contributed by atoms with Crippen LogP contribution in [0, 0.1) is 13.8 Å². The first-order valence-electron chi connectivity index (χ1n) is 5.38. The van der Waals surface area contributed by atoms with Gasteiger partial charge in [0.1, 0.15) is 4.90 Å². The number of rotatable bonds is 2. The monoisotopic (exact) mass is 336 g/mol. The third kappa shape index (κ3) is 2.49. The molecular formula is C11H10Cl2N2O4S. The third-order valence-corrected chi connectivity index (χ3v) is 4.51. The molecule has 0 aliphatic carbocycles. The second-order valence-corrected chi connectivity index (χ2v) is 6.42. The number of aromatic amines is 1. The first-order chi connectivity index (χ1) is 9.12. The Morgan fingerprint density at radius 2 is 1.80 bits per heavy atom. The van der Waals surface area contributed by atoms with Gasteiger partial charge in [-0.15, -0.1) is 0 Å². The van der Waals surface area contributed by atoms with Gasteiger partial charge in [0.25, 0.3) is 15.7 Å². The van der Waals surface area contributed by atoms with Crippen LogP contribution in [-0.4, -0.2) is 22.8 Å². The molecule has 0 fully saturated rings. The van der Waals surface area contributed by atoms with Gasteiger partial charge in [-0.1, -0.05) is 23.2 Å². The van der Waals surface area contributed by atoms with Gasteiger partial charge in [-0.05, 0) is 26.0 Å². The van der Waals surface area contributed by atoms with Crippen LogP contribution < -0.4 is 5.56 Å². The zero-order chi connectivity index (χ0) is 15.2. The maximum absolute atomic E-state index is 12.0. The van der Waals surface area contributed by atoms with Crippen molar-refractivity contribution in [3.05, 3.63) is 43.8 Å². The Kier molecular flexibility index (Phi) is 3.72. The van der Waals surface area contributed by atoms with Gasteiger partial charge >= 0.3 is 0 Å². The van der Waals surface area contributed by atoms with Crippen molar-refractivity contribution >= 4 is 33.3 Å². The molecule has 1 aromatic carbocycles. The molecule has 108 valence electrons. The van der Waals surface area contributed by atoms with Gasteiger partial charge in [0.05, 0.1) is 15.7 Å². The Hall–Kier alpha value is -1.28. The summed E-state index contributed by atoms with van der Waals surface area (Å²) in [4.78, 5) is 11.5. The van der Waals surface area contributed by atoms with E-state index < -0.39 is 15.0 Å². The van der Waals surface area contributed by atoms with Crippen molar-refractivity contribution in [2.24, 2.45) is 0 Å². The predicted octanol–water partition coefficient (Wildman–Crippen LogP) is 2.34. The molecule has 2 aromatic rings. The van der Waals surface area contributed by atoms with Crippen molar-refractivity contribution < 1.29 is 13.0 Å². The molecule has 1 aromatic heterocycles. The molecule has 0 aliphatic rings. The normalized spacial score (nSPS) is 11.8. The second kappa shape index (κ2) is 4.92. The molecule has 0 aliphatic heterocycles. The molecule has 2 N–H and O–H groups in total. The van der Waals surface area contributed by atoms with Crippen LogP contribution in [0.2, 0.25) is 10.0 Å². The summed E-state index contributed by atoms with van der Waals surface area (Å²) in [6, 6.07) is 2.19. The lowest BCUT2D eigenvalue weighted by atomic mass is 10.3. The summed E-state index contributed by atoms with van der Waals surface area (Å²) >= 11 is 11.8. The molecule has 2 rings (SSSR count). The van der Waals surface area contributed by atoms with Crippen molar-refractivity contribution in [3.63, 3.8) is 0 Å². The third-order valence-electron chi connectivity index (χ3n) is 2.89. The Bertz CT molecular complexity index is 852. The average molecular weight is 337 g/mol. The summed E-state index contributed by atoms with van der Waals surface area (Å²) in [6.07, 6.45) is 0. The van der Waals surface area contributed by atoms with E-state index in [4.69, 9.17) is 27.8 Å². The zero-order valence-electron chi connectivity index (χ0n) is 10.4. The fourth-order valence-corrected chi connectivity index (χ4v) is 3.02. The van der Waals surface area contributed by atoms with Gasteiger partial charge in [-0.3, -0.25) is 14.4 Å². The maximum Gasteiger partial charge on any atom is 0.296 e. The van der Waals surface area contributed by atoms with Gasteiger partial charge in [0, 0.05) is 11.3 Å². The van der Waals surface area contributed by atoms with E-state index in [1.165, 1.54) is 6.07 Å². The van der Waals surface area contributed by atoms with Crippen LogP contribution in [0.15, 0.2) is 21.8 Å². The van der Waals surface area contributed by atoms with E-state index in [-0.39, 0.29) is 21.3 Å². The molecule has 9 heteroatoms. The Morgan fingerprint density at radius 3 is 2.25 bits per heavy atom. The van der Waals surface area contributed by atoms with Crippen molar-refractivity contribution in [2.45, 2.75) is 18.7 Å². The molecule has 20 heavy (non-hydrogen) atoms. The van der Waals surface area contributed by atoms with Gasteiger partial charge < -0.3 is 0 Å². The molecule has 0 spiro atoms. The fraction of sp³-hybridized carbons (Fsp3) is 0.182. The van der Waals surface area contributed by atoms with Gasteiger partial charge in [-0.25, -0.2) is 4.68 Å². The maximum atomic E-state index is 12.0. The molecule has 0 bridgehead atoms. The summed E-state index contributed by atoms with van der Waals surface area (Å²) in [7, 11) is -4.48. The van der Waals surface area contributed by atoms with E-state index >= 15 is 0 Å². The van der Waals surface area contributed by atoms with Crippen LogP contribution in [0.4, 0.5) is 0 Å². The fourth-order valence-electron chi connectivity index (χ4n) is 1.69. The minimum Gasteiger partial charge on any atom is -0.295 e. The van der Waals surface area contributed by atoms with E-state index in [0.29, 0.717) is 11.3 Å². The standard InChI is InChI=1S/C11H10Cl2N2O4S/c1-5-6(2)14-15(11(5)16)9-3-8(13)10(4-7(9)12)20(17,18)19/h3-4,14H,1-2H3,(H,17,18,19). The lowest BCUT2D eigenvalue weighted by molar-refractivity contribution is 0.483. The van der Waals surface area contributed by atoms with Gasteiger partial charge in [-0.2, -0.15) is 8.42 Å². The van der Waals surface area contributed by atoms with Crippen LogP contribution >= 0.6 is 23.2 Å². The number of halogens is 2. The highest BCUT2D eigenvalue weighted by Gasteiger charge is 2.19. The minimum absolute atomic E-state index is 0.0367. The highest BCUT2D eigenvalue weighted by atomic mass is 35.5. The quantitative estimate of drug-likeness (QED) is 0.823. The largest absolute Gasteiger partial charge is 0.296 e. The Balaban J connectivity index is 2.75. The zero-order valence-corrected chi connectivity index (χ0v) is 12.8. The number of aryl methyl sites for hydroxylation is 1. The van der Waals surface area contributed by atoms with Crippen LogP contribution in [0.3, 0.4) is 0 Å². The molecule has 1 heterocycles. The van der Waals surface area contributed by atoms with Crippen molar-refractivity contribution in [1.29, 1.82) is 0 Å². The van der Waals surface area contributed by atoms with E-state index in [1.807, 2.05) is 0 Å². The highest BCUT2D eigenvalue weighted by Crippen LogP contribution is 2.30. The minimum atomic E-state index is -4.48. The lowest BCUT2D eigenvalue weighted by Gasteiger charge is -2.08.